The topological polar surface area (TPSA) is 17.8 Å². The van der Waals surface area contributed by atoms with Crippen molar-refractivity contribution < 1.29 is 4.39 Å². The van der Waals surface area contributed by atoms with Crippen molar-refractivity contribution in [2.24, 2.45) is 0 Å². The first kappa shape index (κ1) is 14.4. The molecule has 0 radical (unpaired) electrons. The maximum Gasteiger partial charge on any atom is 0.124 e. The van der Waals surface area contributed by atoms with Gasteiger partial charge in [0.2, 0.25) is 0 Å². The predicted octanol–water partition coefficient (Wildman–Crippen LogP) is 4.91. The quantitative estimate of drug-likeness (QED) is 0.626. The van der Waals surface area contributed by atoms with Gasteiger partial charge in [-0.15, -0.1) is 11.6 Å². The minimum absolute atomic E-state index is 0.353. The average molecular weight is 323 g/mol. The van der Waals surface area contributed by atoms with Crippen molar-refractivity contribution in [1.29, 1.82) is 0 Å². The summed E-state index contributed by atoms with van der Waals surface area (Å²) >= 11 is 12.1. The number of aryl methyl sites for hydroxylation is 2. The van der Waals surface area contributed by atoms with E-state index in [1.54, 1.807) is 6.07 Å². The van der Waals surface area contributed by atoms with Gasteiger partial charge in [-0.1, -0.05) is 17.7 Å². The highest BCUT2D eigenvalue weighted by atomic mass is 35.5. The average Bonchev–Trinajstić information content (AvgIpc) is 2.77. The van der Waals surface area contributed by atoms with Gasteiger partial charge in [0.1, 0.15) is 11.6 Å². The number of aromatic nitrogens is 2. The fourth-order valence-corrected chi connectivity index (χ4v) is 2.84. The van der Waals surface area contributed by atoms with Crippen LogP contribution in [0, 0.1) is 12.7 Å². The SMILES string of the molecule is Cc1ccc2nc(CCCl)n(-c3ccc(F)cc3Cl)c2c1. The van der Waals surface area contributed by atoms with Gasteiger partial charge in [0.25, 0.3) is 0 Å². The number of halogens is 3. The summed E-state index contributed by atoms with van der Waals surface area (Å²) in [6.07, 6.45) is 0.614. The van der Waals surface area contributed by atoms with Crippen LogP contribution in [-0.2, 0) is 6.42 Å². The number of benzene rings is 2. The maximum atomic E-state index is 13.3. The molecule has 0 spiro atoms. The third kappa shape index (κ3) is 2.63. The van der Waals surface area contributed by atoms with E-state index in [-0.39, 0.29) is 5.82 Å². The number of imidazole rings is 1. The van der Waals surface area contributed by atoms with Gasteiger partial charge in [0, 0.05) is 12.3 Å². The molecule has 0 amide bonds. The van der Waals surface area contributed by atoms with Crippen LogP contribution in [0.15, 0.2) is 36.4 Å². The maximum absolute atomic E-state index is 13.3. The summed E-state index contributed by atoms with van der Waals surface area (Å²) in [5.41, 5.74) is 3.66. The molecule has 0 N–H and O–H groups in total. The van der Waals surface area contributed by atoms with Crippen LogP contribution in [0.3, 0.4) is 0 Å². The van der Waals surface area contributed by atoms with Crippen LogP contribution in [-0.4, -0.2) is 15.4 Å². The van der Waals surface area contributed by atoms with E-state index in [4.69, 9.17) is 23.2 Å². The van der Waals surface area contributed by atoms with Crippen LogP contribution in [0.1, 0.15) is 11.4 Å². The molecule has 0 saturated carbocycles. The summed E-state index contributed by atoms with van der Waals surface area (Å²) in [4.78, 5) is 4.61. The van der Waals surface area contributed by atoms with Crippen molar-refractivity contribution in [3.05, 3.63) is 58.6 Å². The first-order chi connectivity index (χ1) is 10.1. The Labute approximate surface area is 132 Å². The Morgan fingerprint density at radius 2 is 2.00 bits per heavy atom. The second-order valence-electron chi connectivity index (χ2n) is 4.89. The van der Waals surface area contributed by atoms with Gasteiger partial charge >= 0.3 is 0 Å². The van der Waals surface area contributed by atoms with Crippen LogP contribution in [0.4, 0.5) is 4.39 Å². The lowest BCUT2D eigenvalue weighted by molar-refractivity contribution is 0.627. The molecule has 0 bridgehead atoms. The monoisotopic (exact) mass is 322 g/mol. The summed E-state index contributed by atoms with van der Waals surface area (Å²) in [7, 11) is 0. The minimum Gasteiger partial charge on any atom is -0.295 e. The summed E-state index contributed by atoms with van der Waals surface area (Å²) in [6, 6.07) is 10.4. The molecule has 2 nitrogen and oxygen atoms in total. The third-order valence-electron chi connectivity index (χ3n) is 3.35. The molecule has 0 aliphatic heterocycles. The number of hydrogen-bond donors (Lipinski definition) is 0. The zero-order valence-corrected chi connectivity index (χ0v) is 12.9. The number of hydrogen-bond acceptors (Lipinski definition) is 1. The Morgan fingerprint density at radius 3 is 2.71 bits per heavy atom. The molecule has 0 unspecified atom stereocenters. The summed E-state index contributed by atoms with van der Waals surface area (Å²) in [5, 5.41) is 0.353. The van der Waals surface area contributed by atoms with E-state index in [1.165, 1.54) is 12.1 Å². The molecule has 0 atom stereocenters. The van der Waals surface area contributed by atoms with Crippen molar-refractivity contribution in [1.82, 2.24) is 9.55 Å². The van der Waals surface area contributed by atoms with E-state index in [2.05, 4.69) is 4.98 Å². The fraction of sp³-hybridized carbons (Fsp3) is 0.188. The predicted molar refractivity (Wildman–Crippen MR) is 85.2 cm³/mol. The molecule has 1 aromatic heterocycles. The van der Waals surface area contributed by atoms with Gasteiger partial charge < -0.3 is 0 Å². The van der Waals surface area contributed by atoms with Gasteiger partial charge in [-0.05, 0) is 42.8 Å². The van der Waals surface area contributed by atoms with Crippen LogP contribution < -0.4 is 0 Å². The molecule has 5 heteroatoms. The van der Waals surface area contributed by atoms with Crippen LogP contribution in [0.25, 0.3) is 16.7 Å². The van der Waals surface area contributed by atoms with E-state index in [1.807, 2.05) is 29.7 Å². The normalized spacial score (nSPS) is 11.2. The van der Waals surface area contributed by atoms with E-state index in [0.717, 1.165) is 22.4 Å². The highest BCUT2D eigenvalue weighted by Gasteiger charge is 2.15. The molecule has 1 heterocycles. The molecule has 0 aliphatic carbocycles. The number of rotatable bonds is 3. The zero-order valence-electron chi connectivity index (χ0n) is 11.4. The molecule has 0 fully saturated rings. The van der Waals surface area contributed by atoms with E-state index < -0.39 is 0 Å². The van der Waals surface area contributed by atoms with Crippen molar-refractivity contribution in [2.75, 3.05) is 5.88 Å². The minimum atomic E-state index is -0.358. The van der Waals surface area contributed by atoms with Gasteiger partial charge in [-0.3, -0.25) is 4.57 Å². The Bertz CT molecular complexity index is 811. The molecular weight excluding hydrogens is 310 g/mol. The van der Waals surface area contributed by atoms with Crippen molar-refractivity contribution in [3.8, 4) is 5.69 Å². The van der Waals surface area contributed by atoms with E-state index in [0.29, 0.717) is 23.0 Å². The number of fused-ring (bicyclic) bond motifs is 1. The molecule has 0 saturated heterocycles. The molecule has 0 aliphatic rings. The van der Waals surface area contributed by atoms with Crippen LogP contribution >= 0.6 is 23.2 Å². The lowest BCUT2D eigenvalue weighted by Gasteiger charge is -2.11. The Morgan fingerprint density at radius 1 is 1.19 bits per heavy atom. The highest BCUT2D eigenvalue weighted by molar-refractivity contribution is 6.32. The molecule has 3 aromatic rings. The van der Waals surface area contributed by atoms with Crippen molar-refractivity contribution in [3.63, 3.8) is 0 Å². The van der Waals surface area contributed by atoms with Gasteiger partial charge in [0.15, 0.2) is 0 Å². The summed E-state index contributed by atoms with van der Waals surface area (Å²) < 4.78 is 15.2. The van der Waals surface area contributed by atoms with Crippen molar-refractivity contribution >= 4 is 34.2 Å². The fourth-order valence-electron chi connectivity index (χ4n) is 2.42. The smallest absolute Gasteiger partial charge is 0.124 e. The largest absolute Gasteiger partial charge is 0.295 e. The molecule has 3 rings (SSSR count). The molecule has 108 valence electrons. The second kappa shape index (κ2) is 5.66. The van der Waals surface area contributed by atoms with Crippen molar-refractivity contribution in [2.45, 2.75) is 13.3 Å². The molecule has 21 heavy (non-hydrogen) atoms. The summed E-state index contributed by atoms with van der Waals surface area (Å²) in [5.74, 6) is 0.920. The second-order valence-corrected chi connectivity index (χ2v) is 5.68. The third-order valence-corrected chi connectivity index (χ3v) is 3.84. The number of nitrogens with zero attached hydrogens (tertiary/aromatic N) is 2. The Hall–Kier alpha value is -1.58. The number of alkyl halides is 1. The van der Waals surface area contributed by atoms with Crippen LogP contribution in [0.2, 0.25) is 5.02 Å². The first-order valence-electron chi connectivity index (χ1n) is 6.59. The lowest BCUT2D eigenvalue weighted by atomic mass is 10.2. The van der Waals surface area contributed by atoms with Gasteiger partial charge in [-0.25, -0.2) is 9.37 Å². The lowest BCUT2D eigenvalue weighted by Crippen LogP contribution is -2.03. The van der Waals surface area contributed by atoms with Gasteiger partial charge in [-0.2, -0.15) is 0 Å². The first-order valence-corrected chi connectivity index (χ1v) is 7.51. The summed E-state index contributed by atoms with van der Waals surface area (Å²) in [6.45, 7) is 2.02. The van der Waals surface area contributed by atoms with Crippen LogP contribution in [0.5, 0.6) is 0 Å². The Balaban J connectivity index is 2.32. The zero-order chi connectivity index (χ0) is 15.0. The molecular formula is C16H13Cl2FN2. The van der Waals surface area contributed by atoms with E-state index >= 15 is 0 Å². The van der Waals surface area contributed by atoms with E-state index in [9.17, 15) is 4.39 Å². The van der Waals surface area contributed by atoms with Gasteiger partial charge in [0.05, 0.1) is 21.7 Å². The molecule has 2 aromatic carbocycles. The highest BCUT2D eigenvalue weighted by Crippen LogP contribution is 2.28. The standard InChI is InChI=1S/C16H13Cl2FN2/c1-10-2-4-13-15(8-10)21(16(20-13)6-7-17)14-5-3-11(19)9-12(14)18/h2-5,8-9H,6-7H2,1H3. The Kier molecular flexibility index (Phi) is 3.87.